The number of nitrogens with zero attached hydrogens (tertiary/aromatic N) is 3. The third kappa shape index (κ3) is 3.34. The van der Waals surface area contributed by atoms with Crippen molar-refractivity contribution in [2.75, 3.05) is 0 Å². The first kappa shape index (κ1) is 14.0. The van der Waals surface area contributed by atoms with Crippen LogP contribution in [0.3, 0.4) is 0 Å². The van der Waals surface area contributed by atoms with Gasteiger partial charge in [0.25, 0.3) is 0 Å². The summed E-state index contributed by atoms with van der Waals surface area (Å²) in [5.74, 6) is 1.25. The molecule has 6 heteroatoms. The molecule has 2 aromatic heterocycles. The Balaban J connectivity index is 2.02. The Morgan fingerprint density at radius 3 is 2.75 bits per heavy atom. The van der Waals surface area contributed by atoms with Crippen LogP contribution in [0, 0.1) is 6.92 Å². The fourth-order valence-corrected chi connectivity index (χ4v) is 1.75. The van der Waals surface area contributed by atoms with Crippen LogP contribution in [0.4, 0.5) is 0 Å². The van der Waals surface area contributed by atoms with Crippen molar-refractivity contribution in [2.45, 2.75) is 26.3 Å². The standard InChI is InChI=1S/C14H18N4O2/c1-10-5-6-11(20-10)7-8-13(19)15-14(2,3)12-9-18(4)17-16-12/h5-9H,1-4H3,(H,15,19)/b8-7+. The summed E-state index contributed by atoms with van der Waals surface area (Å²) in [7, 11) is 1.79. The van der Waals surface area contributed by atoms with Crippen LogP contribution in [-0.4, -0.2) is 20.9 Å². The Kier molecular flexibility index (Phi) is 3.74. The van der Waals surface area contributed by atoms with Gasteiger partial charge in [-0.15, -0.1) is 5.10 Å². The van der Waals surface area contributed by atoms with E-state index in [4.69, 9.17) is 4.42 Å². The summed E-state index contributed by atoms with van der Waals surface area (Å²) in [4.78, 5) is 11.9. The number of carbonyl (C=O) groups excluding carboxylic acids is 1. The first-order chi connectivity index (χ1) is 9.37. The lowest BCUT2D eigenvalue weighted by Crippen LogP contribution is -2.40. The van der Waals surface area contributed by atoms with Gasteiger partial charge in [0.05, 0.1) is 11.7 Å². The number of nitrogens with one attached hydrogen (secondary N) is 1. The fourth-order valence-electron chi connectivity index (χ4n) is 1.75. The fraction of sp³-hybridized carbons (Fsp3) is 0.357. The zero-order valence-corrected chi connectivity index (χ0v) is 12.0. The molecule has 0 bridgehead atoms. The van der Waals surface area contributed by atoms with E-state index in [0.717, 1.165) is 5.76 Å². The average Bonchev–Trinajstić information content (AvgIpc) is 2.95. The molecule has 6 nitrogen and oxygen atoms in total. The largest absolute Gasteiger partial charge is 0.462 e. The highest BCUT2D eigenvalue weighted by molar-refractivity contribution is 5.91. The van der Waals surface area contributed by atoms with Gasteiger partial charge in [0.1, 0.15) is 17.2 Å². The Hall–Kier alpha value is -2.37. The van der Waals surface area contributed by atoms with Gasteiger partial charge in [0, 0.05) is 13.1 Å². The van der Waals surface area contributed by atoms with Gasteiger partial charge < -0.3 is 9.73 Å². The maximum absolute atomic E-state index is 11.9. The quantitative estimate of drug-likeness (QED) is 0.862. The second-order valence-corrected chi connectivity index (χ2v) is 5.17. The van der Waals surface area contributed by atoms with Gasteiger partial charge in [-0.1, -0.05) is 5.21 Å². The summed E-state index contributed by atoms with van der Waals surface area (Å²) < 4.78 is 6.96. The number of furan rings is 1. The third-order valence-electron chi connectivity index (χ3n) is 2.84. The molecule has 0 radical (unpaired) electrons. The van der Waals surface area contributed by atoms with Crippen LogP contribution in [-0.2, 0) is 17.4 Å². The van der Waals surface area contributed by atoms with E-state index in [1.165, 1.54) is 6.08 Å². The summed E-state index contributed by atoms with van der Waals surface area (Å²) in [6.45, 7) is 5.61. The zero-order valence-electron chi connectivity index (χ0n) is 12.0. The normalized spacial score (nSPS) is 12.0. The summed E-state index contributed by atoms with van der Waals surface area (Å²) in [5, 5.41) is 10.8. The van der Waals surface area contributed by atoms with E-state index in [2.05, 4.69) is 15.6 Å². The molecule has 0 spiro atoms. The molecule has 0 aliphatic carbocycles. The van der Waals surface area contributed by atoms with E-state index in [-0.39, 0.29) is 5.91 Å². The van der Waals surface area contributed by atoms with E-state index in [1.54, 1.807) is 24.0 Å². The van der Waals surface area contributed by atoms with E-state index in [9.17, 15) is 4.79 Å². The molecular weight excluding hydrogens is 256 g/mol. The topological polar surface area (TPSA) is 73.0 Å². The number of hydrogen-bond donors (Lipinski definition) is 1. The van der Waals surface area contributed by atoms with Crippen LogP contribution in [0.5, 0.6) is 0 Å². The molecule has 20 heavy (non-hydrogen) atoms. The number of hydrogen-bond acceptors (Lipinski definition) is 4. The summed E-state index contributed by atoms with van der Waals surface area (Å²) in [5.41, 5.74) is 0.116. The molecule has 0 aliphatic rings. The van der Waals surface area contributed by atoms with E-state index < -0.39 is 5.54 Å². The van der Waals surface area contributed by atoms with E-state index in [1.807, 2.05) is 32.9 Å². The number of carbonyl (C=O) groups is 1. The molecule has 0 aromatic carbocycles. The van der Waals surface area contributed by atoms with Crippen LogP contribution >= 0.6 is 0 Å². The second kappa shape index (κ2) is 5.32. The first-order valence-corrected chi connectivity index (χ1v) is 6.30. The van der Waals surface area contributed by atoms with Crippen LogP contribution in [0.2, 0.25) is 0 Å². The maximum Gasteiger partial charge on any atom is 0.244 e. The Labute approximate surface area is 117 Å². The third-order valence-corrected chi connectivity index (χ3v) is 2.84. The monoisotopic (exact) mass is 274 g/mol. The molecule has 0 aliphatic heterocycles. The first-order valence-electron chi connectivity index (χ1n) is 6.30. The van der Waals surface area contributed by atoms with Crippen molar-refractivity contribution in [1.82, 2.24) is 20.3 Å². The van der Waals surface area contributed by atoms with E-state index in [0.29, 0.717) is 11.5 Å². The highest BCUT2D eigenvalue weighted by Gasteiger charge is 2.25. The van der Waals surface area contributed by atoms with Gasteiger partial charge in [-0.3, -0.25) is 9.48 Å². The predicted octanol–water partition coefficient (Wildman–Crippen LogP) is 1.78. The van der Waals surface area contributed by atoms with Crippen molar-refractivity contribution in [3.8, 4) is 0 Å². The van der Waals surface area contributed by atoms with Crippen LogP contribution in [0.25, 0.3) is 6.08 Å². The minimum absolute atomic E-state index is 0.213. The lowest BCUT2D eigenvalue weighted by Gasteiger charge is -2.22. The van der Waals surface area contributed by atoms with Crippen molar-refractivity contribution >= 4 is 12.0 Å². The Morgan fingerprint density at radius 2 is 2.20 bits per heavy atom. The number of amides is 1. The average molecular weight is 274 g/mol. The Bertz CT molecular complexity index is 637. The maximum atomic E-state index is 11.9. The van der Waals surface area contributed by atoms with Crippen molar-refractivity contribution < 1.29 is 9.21 Å². The van der Waals surface area contributed by atoms with Crippen LogP contribution < -0.4 is 5.32 Å². The molecule has 2 rings (SSSR count). The second-order valence-electron chi connectivity index (χ2n) is 5.17. The SMILES string of the molecule is Cc1ccc(/C=C/C(=O)NC(C)(C)c2cn(C)nn2)o1. The molecular formula is C14H18N4O2. The molecule has 0 unspecified atom stereocenters. The zero-order chi connectivity index (χ0) is 14.8. The summed E-state index contributed by atoms with van der Waals surface area (Å²) in [6, 6.07) is 3.66. The van der Waals surface area contributed by atoms with Gasteiger partial charge >= 0.3 is 0 Å². The molecule has 0 fully saturated rings. The van der Waals surface area contributed by atoms with Gasteiger partial charge in [0.15, 0.2) is 0 Å². The van der Waals surface area contributed by atoms with Gasteiger partial charge in [0.2, 0.25) is 5.91 Å². The van der Waals surface area contributed by atoms with Gasteiger partial charge in [-0.25, -0.2) is 0 Å². The van der Waals surface area contributed by atoms with Crippen molar-refractivity contribution in [3.05, 3.63) is 41.6 Å². The molecule has 0 saturated heterocycles. The smallest absolute Gasteiger partial charge is 0.244 e. The molecule has 106 valence electrons. The lowest BCUT2D eigenvalue weighted by molar-refractivity contribution is -0.118. The lowest BCUT2D eigenvalue weighted by atomic mass is 10.0. The minimum atomic E-state index is -0.589. The van der Waals surface area contributed by atoms with E-state index >= 15 is 0 Å². The minimum Gasteiger partial charge on any atom is -0.462 e. The molecule has 0 saturated carbocycles. The molecule has 1 amide bonds. The molecule has 2 aromatic rings. The number of aromatic nitrogens is 3. The summed E-state index contributed by atoms with van der Waals surface area (Å²) in [6.07, 6.45) is 4.85. The van der Waals surface area contributed by atoms with Crippen molar-refractivity contribution in [1.29, 1.82) is 0 Å². The van der Waals surface area contributed by atoms with Gasteiger partial charge in [-0.05, 0) is 39.0 Å². The van der Waals surface area contributed by atoms with Crippen molar-refractivity contribution in [3.63, 3.8) is 0 Å². The predicted molar refractivity (Wildman–Crippen MR) is 74.7 cm³/mol. The molecule has 0 atom stereocenters. The van der Waals surface area contributed by atoms with Crippen molar-refractivity contribution in [2.24, 2.45) is 7.05 Å². The summed E-state index contributed by atoms with van der Waals surface area (Å²) >= 11 is 0. The van der Waals surface area contributed by atoms with Crippen LogP contribution in [0.1, 0.15) is 31.1 Å². The van der Waals surface area contributed by atoms with Crippen LogP contribution in [0.15, 0.2) is 28.8 Å². The highest BCUT2D eigenvalue weighted by atomic mass is 16.3. The highest BCUT2D eigenvalue weighted by Crippen LogP contribution is 2.16. The number of rotatable bonds is 4. The van der Waals surface area contributed by atoms with Gasteiger partial charge in [-0.2, -0.15) is 0 Å². The Morgan fingerprint density at radius 1 is 1.45 bits per heavy atom. The number of aryl methyl sites for hydroxylation is 2. The molecule has 1 N–H and O–H groups in total. The molecule has 2 heterocycles.